The van der Waals surface area contributed by atoms with Crippen LogP contribution in [0.15, 0.2) is 60.7 Å². The molecule has 5 rings (SSSR count). The zero-order valence-electron chi connectivity index (χ0n) is 16.1. The van der Waals surface area contributed by atoms with Crippen LogP contribution in [0.25, 0.3) is 16.6 Å². The Balaban J connectivity index is 1.32. The molecule has 1 aliphatic heterocycles. The molecule has 2 aromatic carbocycles. The Morgan fingerprint density at radius 2 is 1.86 bits per heavy atom. The lowest BCUT2D eigenvalue weighted by Crippen LogP contribution is -2.45. The highest BCUT2D eigenvalue weighted by molar-refractivity contribution is 5.82. The van der Waals surface area contributed by atoms with E-state index in [1.165, 1.54) is 10.9 Å². The predicted octanol–water partition coefficient (Wildman–Crippen LogP) is 2.90. The maximum Gasteiger partial charge on any atom is 0.318 e. The summed E-state index contributed by atoms with van der Waals surface area (Å²) in [5.41, 5.74) is 3.23. The number of rotatable bonds is 3. The van der Waals surface area contributed by atoms with E-state index in [9.17, 15) is 4.79 Å². The first-order valence-electron chi connectivity index (χ1n) is 9.67. The largest absolute Gasteiger partial charge is 0.341 e. The molecule has 0 radical (unpaired) electrons. The number of aromatic nitrogens is 5. The topological polar surface area (TPSA) is 80.9 Å². The van der Waals surface area contributed by atoms with Gasteiger partial charge in [-0.05, 0) is 47.0 Å². The maximum atomic E-state index is 12.9. The summed E-state index contributed by atoms with van der Waals surface area (Å²) in [6.45, 7) is 3.92. The average molecular weight is 387 g/mol. The van der Waals surface area contributed by atoms with Crippen LogP contribution in [-0.2, 0) is 13.1 Å². The molecule has 3 heterocycles. The van der Waals surface area contributed by atoms with Crippen molar-refractivity contribution in [1.82, 2.24) is 35.0 Å². The molecule has 0 aliphatic carbocycles. The minimum atomic E-state index is -0.328. The van der Waals surface area contributed by atoms with Gasteiger partial charge in [-0.15, -0.1) is 5.10 Å². The molecule has 4 aromatic rings. The first-order chi connectivity index (χ1) is 14.2. The zero-order chi connectivity index (χ0) is 19.8. The van der Waals surface area contributed by atoms with Crippen LogP contribution in [0.5, 0.6) is 0 Å². The lowest BCUT2D eigenvalue weighted by molar-refractivity contribution is 0.180. The quantitative estimate of drug-likeness (QED) is 0.586. The Morgan fingerprint density at radius 1 is 1.07 bits per heavy atom. The van der Waals surface area contributed by atoms with Crippen LogP contribution in [0.4, 0.5) is 4.79 Å². The van der Waals surface area contributed by atoms with Crippen LogP contribution in [-0.4, -0.2) is 42.3 Å². The minimum absolute atomic E-state index is 0.114. The number of fused-ring (bicyclic) bond motifs is 3. The molecule has 8 heteroatoms. The van der Waals surface area contributed by atoms with Gasteiger partial charge in [0.1, 0.15) is 0 Å². The van der Waals surface area contributed by atoms with Crippen molar-refractivity contribution in [3.8, 4) is 5.69 Å². The highest BCUT2D eigenvalue weighted by atomic mass is 16.2. The van der Waals surface area contributed by atoms with Crippen LogP contribution in [0.1, 0.15) is 24.5 Å². The molecule has 2 aromatic heterocycles. The molecule has 2 amide bonds. The van der Waals surface area contributed by atoms with Crippen molar-refractivity contribution in [3.63, 3.8) is 0 Å². The second-order valence-electron chi connectivity index (χ2n) is 7.22. The van der Waals surface area contributed by atoms with E-state index in [0.29, 0.717) is 18.9 Å². The zero-order valence-corrected chi connectivity index (χ0v) is 16.1. The van der Waals surface area contributed by atoms with E-state index >= 15 is 0 Å². The van der Waals surface area contributed by atoms with Gasteiger partial charge in [0, 0.05) is 24.3 Å². The fourth-order valence-electron chi connectivity index (χ4n) is 3.89. The first kappa shape index (κ1) is 17.4. The summed E-state index contributed by atoms with van der Waals surface area (Å²) >= 11 is 0. The Morgan fingerprint density at radius 3 is 2.72 bits per heavy atom. The second-order valence-corrected chi connectivity index (χ2v) is 7.22. The van der Waals surface area contributed by atoms with Gasteiger partial charge in [-0.25, -0.2) is 4.79 Å². The van der Waals surface area contributed by atoms with E-state index in [2.05, 4.69) is 43.6 Å². The number of nitrogens with one attached hydrogen (secondary N) is 1. The molecular formula is C21H21N7O. The third kappa shape index (κ3) is 3.12. The first-order valence-corrected chi connectivity index (χ1v) is 9.67. The van der Waals surface area contributed by atoms with Gasteiger partial charge in [0.05, 0.1) is 18.3 Å². The summed E-state index contributed by atoms with van der Waals surface area (Å²) in [7, 11) is 0. The molecule has 29 heavy (non-hydrogen) atoms. The molecule has 146 valence electrons. The highest BCUT2D eigenvalue weighted by Crippen LogP contribution is 2.24. The van der Waals surface area contributed by atoms with Gasteiger partial charge in [-0.1, -0.05) is 36.4 Å². The van der Waals surface area contributed by atoms with Crippen molar-refractivity contribution < 1.29 is 4.79 Å². The molecule has 1 unspecified atom stereocenters. The number of carbonyl (C=O) groups is 1. The number of benzene rings is 2. The normalized spacial score (nSPS) is 14.6. The van der Waals surface area contributed by atoms with Crippen molar-refractivity contribution in [2.45, 2.75) is 26.1 Å². The van der Waals surface area contributed by atoms with Crippen LogP contribution in [0.3, 0.4) is 0 Å². The predicted molar refractivity (Wildman–Crippen MR) is 108 cm³/mol. The van der Waals surface area contributed by atoms with Gasteiger partial charge >= 0.3 is 6.03 Å². The van der Waals surface area contributed by atoms with Crippen molar-refractivity contribution in [1.29, 1.82) is 0 Å². The van der Waals surface area contributed by atoms with Crippen molar-refractivity contribution in [2.75, 3.05) is 6.54 Å². The van der Waals surface area contributed by atoms with Crippen LogP contribution < -0.4 is 5.32 Å². The molecule has 1 N–H and O–H groups in total. The smallest absolute Gasteiger partial charge is 0.318 e. The Kier molecular flexibility index (Phi) is 4.23. The Labute approximate surface area is 167 Å². The molecule has 1 aliphatic rings. The summed E-state index contributed by atoms with van der Waals surface area (Å²) in [5.74, 6) is 0.593. The summed E-state index contributed by atoms with van der Waals surface area (Å²) in [6.07, 6.45) is 0. The van der Waals surface area contributed by atoms with Gasteiger partial charge in [0.2, 0.25) is 0 Å². The van der Waals surface area contributed by atoms with Crippen LogP contribution >= 0.6 is 0 Å². The summed E-state index contributed by atoms with van der Waals surface area (Å²) in [5, 5.41) is 16.2. The van der Waals surface area contributed by atoms with E-state index in [-0.39, 0.29) is 12.1 Å². The van der Waals surface area contributed by atoms with Crippen molar-refractivity contribution in [3.05, 3.63) is 72.2 Å². The number of amides is 2. The Bertz CT molecular complexity index is 1160. The van der Waals surface area contributed by atoms with Crippen molar-refractivity contribution in [2.24, 2.45) is 0 Å². The molecule has 0 spiro atoms. The number of urea groups is 1. The third-order valence-corrected chi connectivity index (χ3v) is 5.35. The molecular weight excluding hydrogens is 366 g/mol. The van der Waals surface area contributed by atoms with E-state index in [1.807, 2.05) is 54.3 Å². The Hall–Kier alpha value is -3.68. The molecule has 0 saturated carbocycles. The van der Waals surface area contributed by atoms with Gasteiger partial charge in [-0.3, -0.25) is 0 Å². The highest BCUT2D eigenvalue weighted by Gasteiger charge is 2.25. The second kappa shape index (κ2) is 7.05. The monoisotopic (exact) mass is 387 g/mol. The van der Waals surface area contributed by atoms with E-state index in [1.54, 1.807) is 4.68 Å². The number of para-hydroxylation sites is 2. The molecule has 8 nitrogen and oxygen atoms in total. The van der Waals surface area contributed by atoms with Gasteiger partial charge in [0.15, 0.2) is 5.82 Å². The minimum Gasteiger partial charge on any atom is -0.341 e. The average Bonchev–Trinajstić information content (AvgIpc) is 3.38. The molecule has 1 atom stereocenters. The molecule has 0 fully saturated rings. The standard InChI is InChI=1S/C21H21N7O/c1-15(20-23-24-25-28(20)17-8-3-2-4-9-17)22-21(29)26-11-12-27-18(14-26)13-16-7-5-6-10-19(16)27/h2-10,13,15H,11-12,14H2,1H3,(H,22,29). The fraction of sp³-hybridized carbons (Fsp3) is 0.238. The van der Waals surface area contributed by atoms with Crippen LogP contribution in [0.2, 0.25) is 0 Å². The van der Waals surface area contributed by atoms with Gasteiger partial charge < -0.3 is 14.8 Å². The number of hydrogen-bond acceptors (Lipinski definition) is 4. The lowest BCUT2D eigenvalue weighted by Gasteiger charge is -2.30. The summed E-state index contributed by atoms with van der Waals surface area (Å²) in [6, 6.07) is 19.7. The lowest BCUT2D eigenvalue weighted by atomic mass is 10.2. The van der Waals surface area contributed by atoms with Gasteiger partial charge in [-0.2, -0.15) is 4.68 Å². The number of carbonyl (C=O) groups excluding carboxylic acids is 1. The number of hydrogen-bond donors (Lipinski definition) is 1. The van der Waals surface area contributed by atoms with E-state index in [4.69, 9.17) is 0 Å². The SMILES string of the molecule is CC(NC(=O)N1CCn2c(cc3ccccc32)C1)c1nnnn1-c1ccccc1. The fourth-order valence-corrected chi connectivity index (χ4v) is 3.89. The van der Waals surface area contributed by atoms with Crippen molar-refractivity contribution >= 4 is 16.9 Å². The summed E-state index contributed by atoms with van der Waals surface area (Å²) < 4.78 is 3.94. The van der Waals surface area contributed by atoms with Crippen LogP contribution in [0, 0.1) is 0 Å². The number of nitrogens with zero attached hydrogens (tertiary/aromatic N) is 6. The van der Waals surface area contributed by atoms with Gasteiger partial charge in [0.25, 0.3) is 0 Å². The van der Waals surface area contributed by atoms with E-state index < -0.39 is 0 Å². The molecule has 0 saturated heterocycles. The number of tetrazole rings is 1. The maximum absolute atomic E-state index is 12.9. The van der Waals surface area contributed by atoms with E-state index in [0.717, 1.165) is 17.9 Å². The molecule has 0 bridgehead atoms. The summed E-state index contributed by atoms with van der Waals surface area (Å²) in [4.78, 5) is 14.7. The third-order valence-electron chi connectivity index (χ3n) is 5.35.